The third-order valence-electron chi connectivity index (χ3n) is 3.45. The number of fused-ring (bicyclic) bond motifs is 1. The van der Waals surface area contributed by atoms with Crippen LogP contribution in [0, 0.1) is 0 Å². The standard InChI is InChI=1S/C13H18N4O/c1-9(2)11-7-14-12-8-15-17(13(12)16-11)10-3-5-18-6-4-10/h7-10H,3-6H2,1-2H3. The molecule has 0 unspecified atom stereocenters. The van der Waals surface area contributed by atoms with E-state index in [0.717, 1.165) is 42.9 Å². The molecule has 5 nitrogen and oxygen atoms in total. The molecular formula is C13H18N4O. The highest BCUT2D eigenvalue weighted by atomic mass is 16.5. The fraction of sp³-hybridized carbons (Fsp3) is 0.615. The molecule has 0 saturated carbocycles. The van der Waals surface area contributed by atoms with E-state index in [1.54, 1.807) is 0 Å². The second kappa shape index (κ2) is 4.65. The Hall–Kier alpha value is -1.49. The van der Waals surface area contributed by atoms with Gasteiger partial charge in [0.15, 0.2) is 5.65 Å². The molecule has 1 fully saturated rings. The first-order valence-corrected chi connectivity index (χ1v) is 6.53. The van der Waals surface area contributed by atoms with Crippen molar-refractivity contribution in [3.63, 3.8) is 0 Å². The lowest BCUT2D eigenvalue weighted by Crippen LogP contribution is -2.20. The Morgan fingerprint density at radius 1 is 1.28 bits per heavy atom. The second-order valence-electron chi connectivity index (χ2n) is 5.09. The summed E-state index contributed by atoms with van der Waals surface area (Å²) >= 11 is 0. The van der Waals surface area contributed by atoms with Crippen LogP contribution in [0.5, 0.6) is 0 Å². The minimum absolute atomic E-state index is 0.389. The van der Waals surface area contributed by atoms with Gasteiger partial charge in [0.2, 0.25) is 0 Å². The van der Waals surface area contributed by atoms with Crippen molar-refractivity contribution in [3.05, 3.63) is 18.1 Å². The lowest BCUT2D eigenvalue weighted by atomic mass is 10.1. The number of hydrogen-bond acceptors (Lipinski definition) is 4. The van der Waals surface area contributed by atoms with Gasteiger partial charge in [0, 0.05) is 19.4 Å². The number of rotatable bonds is 2. The van der Waals surface area contributed by atoms with Gasteiger partial charge in [0.05, 0.1) is 17.9 Å². The van der Waals surface area contributed by atoms with E-state index in [-0.39, 0.29) is 0 Å². The maximum Gasteiger partial charge on any atom is 0.177 e. The van der Waals surface area contributed by atoms with Gasteiger partial charge in [0.25, 0.3) is 0 Å². The summed E-state index contributed by atoms with van der Waals surface area (Å²) in [5, 5.41) is 4.46. The van der Waals surface area contributed by atoms with Gasteiger partial charge >= 0.3 is 0 Å². The molecule has 0 aliphatic carbocycles. The van der Waals surface area contributed by atoms with Crippen molar-refractivity contribution in [1.29, 1.82) is 0 Å². The van der Waals surface area contributed by atoms with Crippen molar-refractivity contribution in [2.45, 2.75) is 38.6 Å². The summed E-state index contributed by atoms with van der Waals surface area (Å²) in [4.78, 5) is 9.15. The predicted octanol–water partition coefficient (Wildman–Crippen LogP) is 2.30. The summed E-state index contributed by atoms with van der Waals surface area (Å²) in [6.07, 6.45) is 5.67. The Morgan fingerprint density at radius 2 is 2.06 bits per heavy atom. The fourth-order valence-electron chi connectivity index (χ4n) is 2.31. The molecule has 1 saturated heterocycles. The molecule has 5 heteroatoms. The topological polar surface area (TPSA) is 52.8 Å². The Labute approximate surface area is 106 Å². The van der Waals surface area contributed by atoms with Crippen LogP contribution in [0.2, 0.25) is 0 Å². The van der Waals surface area contributed by atoms with E-state index >= 15 is 0 Å². The molecule has 0 bridgehead atoms. The van der Waals surface area contributed by atoms with Crippen LogP contribution in [-0.4, -0.2) is 33.0 Å². The Morgan fingerprint density at radius 3 is 2.78 bits per heavy atom. The maximum atomic E-state index is 5.39. The average Bonchev–Trinajstić information content (AvgIpc) is 2.82. The molecule has 3 heterocycles. The molecule has 0 N–H and O–H groups in total. The molecule has 0 amide bonds. The summed E-state index contributed by atoms with van der Waals surface area (Å²) in [5.74, 6) is 0.389. The lowest BCUT2D eigenvalue weighted by Gasteiger charge is -2.22. The molecule has 1 aliphatic rings. The molecule has 0 atom stereocenters. The summed E-state index contributed by atoms with van der Waals surface area (Å²) in [6, 6.07) is 0.396. The highest BCUT2D eigenvalue weighted by Crippen LogP contribution is 2.24. The first-order valence-electron chi connectivity index (χ1n) is 6.53. The maximum absolute atomic E-state index is 5.39. The molecule has 2 aromatic rings. The van der Waals surface area contributed by atoms with Crippen LogP contribution < -0.4 is 0 Å². The van der Waals surface area contributed by atoms with Gasteiger partial charge in [-0.15, -0.1) is 0 Å². The Bertz CT molecular complexity index is 543. The van der Waals surface area contributed by atoms with Crippen LogP contribution >= 0.6 is 0 Å². The number of aromatic nitrogens is 4. The molecule has 0 spiro atoms. The van der Waals surface area contributed by atoms with E-state index in [2.05, 4.69) is 23.9 Å². The van der Waals surface area contributed by atoms with Crippen LogP contribution in [0.3, 0.4) is 0 Å². The highest BCUT2D eigenvalue weighted by Gasteiger charge is 2.19. The fourth-order valence-corrected chi connectivity index (χ4v) is 2.31. The van der Waals surface area contributed by atoms with E-state index in [0.29, 0.717) is 12.0 Å². The van der Waals surface area contributed by atoms with E-state index in [1.807, 2.05) is 17.1 Å². The van der Waals surface area contributed by atoms with Gasteiger partial charge < -0.3 is 4.74 Å². The first-order chi connectivity index (χ1) is 8.75. The smallest absolute Gasteiger partial charge is 0.177 e. The van der Waals surface area contributed by atoms with Crippen LogP contribution in [-0.2, 0) is 4.74 Å². The molecule has 0 radical (unpaired) electrons. The largest absolute Gasteiger partial charge is 0.381 e. The number of hydrogen-bond donors (Lipinski definition) is 0. The van der Waals surface area contributed by atoms with Crippen molar-refractivity contribution in [2.24, 2.45) is 0 Å². The van der Waals surface area contributed by atoms with E-state index < -0.39 is 0 Å². The Balaban J connectivity index is 2.03. The third kappa shape index (κ3) is 1.99. The second-order valence-corrected chi connectivity index (χ2v) is 5.09. The summed E-state index contributed by atoms with van der Waals surface area (Å²) in [7, 11) is 0. The van der Waals surface area contributed by atoms with Gasteiger partial charge in [-0.05, 0) is 18.8 Å². The molecule has 96 valence electrons. The van der Waals surface area contributed by atoms with E-state index in [4.69, 9.17) is 9.72 Å². The Kier molecular flexibility index (Phi) is 2.99. The quantitative estimate of drug-likeness (QED) is 0.816. The van der Waals surface area contributed by atoms with Gasteiger partial charge in [-0.1, -0.05) is 13.8 Å². The molecule has 18 heavy (non-hydrogen) atoms. The molecule has 0 aromatic carbocycles. The normalized spacial score (nSPS) is 17.7. The van der Waals surface area contributed by atoms with Crippen LogP contribution in [0.25, 0.3) is 11.2 Å². The molecule has 3 rings (SSSR count). The minimum atomic E-state index is 0.389. The van der Waals surface area contributed by atoms with Crippen LogP contribution in [0.1, 0.15) is 44.3 Å². The zero-order chi connectivity index (χ0) is 12.5. The van der Waals surface area contributed by atoms with E-state index in [9.17, 15) is 0 Å². The van der Waals surface area contributed by atoms with Crippen LogP contribution in [0.4, 0.5) is 0 Å². The first kappa shape index (κ1) is 11.6. The van der Waals surface area contributed by atoms with Crippen molar-refractivity contribution < 1.29 is 4.74 Å². The number of ether oxygens (including phenoxy) is 1. The lowest BCUT2D eigenvalue weighted by molar-refractivity contribution is 0.0673. The summed E-state index contributed by atoms with van der Waals surface area (Å²) in [5.41, 5.74) is 2.82. The minimum Gasteiger partial charge on any atom is -0.381 e. The summed E-state index contributed by atoms with van der Waals surface area (Å²) < 4.78 is 7.42. The van der Waals surface area contributed by atoms with Gasteiger partial charge in [-0.25, -0.2) is 14.6 Å². The SMILES string of the molecule is CC(C)c1cnc2cnn(C3CCOCC3)c2n1. The highest BCUT2D eigenvalue weighted by molar-refractivity contribution is 5.69. The van der Waals surface area contributed by atoms with Crippen molar-refractivity contribution in [3.8, 4) is 0 Å². The zero-order valence-corrected chi connectivity index (χ0v) is 10.8. The van der Waals surface area contributed by atoms with Crippen molar-refractivity contribution >= 4 is 11.2 Å². The molecule has 1 aliphatic heterocycles. The average molecular weight is 246 g/mol. The summed E-state index contributed by atoms with van der Waals surface area (Å²) in [6.45, 7) is 5.88. The number of nitrogens with zero attached hydrogens (tertiary/aromatic N) is 4. The van der Waals surface area contributed by atoms with E-state index in [1.165, 1.54) is 0 Å². The molecule has 2 aromatic heterocycles. The zero-order valence-electron chi connectivity index (χ0n) is 10.8. The van der Waals surface area contributed by atoms with Gasteiger partial charge in [-0.2, -0.15) is 5.10 Å². The van der Waals surface area contributed by atoms with Crippen molar-refractivity contribution in [1.82, 2.24) is 19.7 Å². The van der Waals surface area contributed by atoms with Crippen LogP contribution in [0.15, 0.2) is 12.4 Å². The predicted molar refractivity (Wildman–Crippen MR) is 68.5 cm³/mol. The van der Waals surface area contributed by atoms with Gasteiger partial charge in [-0.3, -0.25) is 0 Å². The molecular weight excluding hydrogens is 228 g/mol. The third-order valence-corrected chi connectivity index (χ3v) is 3.45. The van der Waals surface area contributed by atoms with Gasteiger partial charge in [0.1, 0.15) is 5.52 Å². The van der Waals surface area contributed by atoms with Crippen molar-refractivity contribution in [2.75, 3.05) is 13.2 Å². The monoisotopic (exact) mass is 246 g/mol.